The predicted octanol–water partition coefficient (Wildman–Crippen LogP) is 3.73. The molecule has 1 N–H and O–H groups in total. The van der Waals surface area contributed by atoms with E-state index in [9.17, 15) is 14.4 Å². The molecule has 0 bridgehead atoms. The molecular weight excluding hydrogens is 430 g/mol. The maximum atomic E-state index is 12.9. The Kier molecular flexibility index (Phi) is 5.96. The fourth-order valence-electron chi connectivity index (χ4n) is 2.90. The number of aryl methyl sites for hydroxylation is 1. The number of carbonyl (C=O) groups excluding carboxylic acids is 1. The molecule has 2 heterocycles. The number of fused-ring (bicyclic) bond motifs is 1. The molecule has 0 spiro atoms. The van der Waals surface area contributed by atoms with E-state index >= 15 is 0 Å². The summed E-state index contributed by atoms with van der Waals surface area (Å²) >= 11 is 4.68. The number of nitrogens with zero attached hydrogens (tertiary/aromatic N) is 2. The van der Waals surface area contributed by atoms with Crippen LogP contribution < -0.4 is 16.6 Å². The highest BCUT2D eigenvalue weighted by Crippen LogP contribution is 2.20. The molecule has 2 aromatic heterocycles. The first-order valence-corrected chi connectivity index (χ1v) is 10.4. The zero-order chi connectivity index (χ0) is 19.6. The van der Waals surface area contributed by atoms with E-state index in [0.717, 1.165) is 22.9 Å². The summed E-state index contributed by atoms with van der Waals surface area (Å²) in [5.74, 6) is -0.310. The molecule has 0 atom stereocenters. The minimum atomic E-state index is -0.443. The van der Waals surface area contributed by atoms with E-state index in [1.54, 1.807) is 11.4 Å². The Bertz CT molecular complexity index is 1110. The van der Waals surface area contributed by atoms with Crippen molar-refractivity contribution in [3.8, 4) is 0 Å². The van der Waals surface area contributed by atoms with Crippen molar-refractivity contribution in [1.82, 2.24) is 9.13 Å². The number of aromatic nitrogens is 2. The molecule has 27 heavy (non-hydrogen) atoms. The summed E-state index contributed by atoms with van der Waals surface area (Å²) in [6, 6.07) is 7.27. The minimum absolute atomic E-state index is 0.145. The quantitative estimate of drug-likeness (QED) is 0.622. The number of thiophene rings is 1. The first-order chi connectivity index (χ1) is 12.9. The fourth-order valence-corrected chi connectivity index (χ4v) is 4.22. The second kappa shape index (κ2) is 8.22. The zero-order valence-electron chi connectivity index (χ0n) is 15.1. The number of amides is 1. The summed E-state index contributed by atoms with van der Waals surface area (Å²) in [5, 5.41) is 4.61. The number of hydrogen-bond acceptors (Lipinski definition) is 4. The molecule has 6 nitrogen and oxygen atoms in total. The van der Waals surface area contributed by atoms with Crippen LogP contribution in [-0.4, -0.2) is 15.0 Å². The van der Waals surface area contributed by atoms with Crippen LogP contribution in [0.15, 0.2) is 43.7 Å². The van der Waals surface area contributed by atoms with E-state index in [0.29, 0.717) is 22.4 Å². The number of carbonyl (C=O) groups is 1. The van der Waals surface area contributed by atoms with Crippen molar-refractivity contribution in [2.24, 2.45) is 0 Å². The third-order valence-corrected chi connectivity index (χ3v) is 5.72. The van der Waals surface area contributed by atoms with Gasteiger partial charge < -0.3 is 5.32 Å². The largest absolute Gasteiger partial charge is 0.332 e. The van der Waals surface area contributed by atoms with Gasteiger partial charge in [0.1, 0.15) is 11.2 Å². The Morgan fingerprint density at radius 3 is 2.70 bits per heavy atom. The highest BCUT2D eigenvalue weighted by Gasteiger charge is 2.16. The Balaban J connectivity index is 1.96. The van der Waals surface area contributed by atoms with E-state index in [-0.39, 0.29) is 18.0 Å². The lowest BCUT2D eigenvalue weighted by Gasteiger charge is -2.13. The van der Waals surface area contributed by atoms with Crippen molar-refractivity contribution >= 4 is 49.1 Å². The topological polar surface area (TPSA) is 73.1 Å². The second-order valence-electron chi connectivity index (χ2n) is 6.32. The van der Waals surface area contributed by atoms with Crippen molar-refractivity contribution in [2.75, 3.05) is 5.32 Å². The summed E-state index contributed by atoms with van der Waals surface area (Å²) in [4.78, 5) is 38.0. The molecule has 0 aliphatic carbocycles. The van der Waals surface area contributed by atoms with Gasteiger partial charge in [0, 0.05) is 16.7 Å². The van der Waals surface area contributed by atoms with Crippen molar-refractivity contribution in [2.45, 2.75) is 39.8 Å². The van der Waals surface area contributed by atoms with Gasteiger partial charge in [-0.15, -0.1) is 11.3 Å². The van der Waals surface area contributed by atoms with Crippen LogP contribution in [0.1, 0.15) is 25.3 Å². The predicted molar refractivity (Wildman–Crippen MR) is 113 cm³/mol. The second-order valence-corrected chi connectivity index (χ2v) is 8.15. The van der Waals surface area contributed by atoms with Crippen molar-refractivity contribution < 1.29 is 4.79 Å². The molecule has 0 unspecified atom stereocenters. The zero-order valence-corrected chi connectivity index (χ0v) is 17.5. The molecule has 8 heteroatoms. The average molecular weight is 450 g/mol. The van der Waals surface area contributed by atoms with Crippen molar-refractivity contribution in [3.63, 3.8) is 0 Å². The van der Waals surface area contributed by atoms with Gasteiger partial charge in [0.2, 0.25) is 5.91 Å². The highest BCUT2D eigenvalue weighted by molar-refractivity contribution is 9.10. The third-order valence-electron chi connectivity index (χ3n) is 4.34. The lowest BCUT2D eigenvalue weighted by Crippen LogP contribution is -2.41. The Labute approximate surface area is 168 Å². The van der Waals surface area contributed by atoms with E-state index in [1.165, 1.54) is 20.5 Å². The Morgan fingerprint density at radius 2 is 2.00 bits per heavy atom. The van der Waals surface area contributed by atoms with Gasteiger partial charge >= 0.3 is 5.69 Å². The van der Waals surface area contributed by atoms with Gasteiger partial charge in [-0.25, -0.2) is 4.79 Å². The number of unbranched alkanes of at least 4 members (excludes halogenated alkanes) is 1. The van der Waals surface area contributed by atoms with Crippen LogP contribution in [0.3, 0.4) is 0 Å². The SMILES string of the molecule is CCCCn1c(=O)c2sccc2n(CC(=O)Nc2ccc(Br)cc2C)c1=O. The minimum Gasteiger partial charge on any atom is -0.324 e. The van der Waals surface area contributed by atoms with Gasteiger partial charge in [-0.3, -0.25) is 18.7 Å². The molecule has 1 aromatic carbocycles. The van der Waals surface area contributed by atoms with Gasteiger partial charge in [0.25, 0.3) is 5.56 Å². The summed E-state index contributed by atoms with van der Waals surface area (Å²) in [7, 11) is 0. The Morgan fingerprint density at radius 1 is 1.22 bits per heavy atom. The van der Waals surface area contributed by atoms with Gasteiger partial charge in [-0.05, 0) is 48.6 Å². The molecule has 3 rings (SSSR count). The van der Waals surface area contributed by atoms with Crippen LogP contribution in [-0.2, 0) is 17.9 Å². The molecule has 3 aromatic rings. The monoisotopic (exact) mass is 449 g/mol. The van der Waals surface area contributed by atoms with Gasteiger partial charge in [0.05, 0.1) is 5.52 Å². The smallest absolute Gasteiger partial charge is 0.324 e. The maximum Gasteiger partial charge on any atom is 0.332 e. The van der Waals surface area contributed by atoms with E-state index in [4.69, 9.17) is 0 Å². The average Bonchev–Trinajstić information content (AvgIpc) is 3.11. The number of rotatable bonds is 6. The molecule has 0 fully saturated rings. The first kappa shape index (κ1) is 19.6. The van der Waals surface area contributed by atoms with Gasteiger partial charge in [-0.1, -0.05) is 29.3 Å². The van der Waals surface area contributed by atoms with Crippen LogP contribution in [0.2, 0.25) is 0 Å². The van der Waals surface area contributed by atoms with Gasteiger partial charge in [-0.2, -0.15) is 0 Å². The fraction of sp³-hybridized carbons (Fsp3) is 0.316. The maximum absolute atomic E-state index is 12.9. The van der Waals surface area contributed by atoms with E-state index in [1.807, 2.05) is 32.0 Å². The van der Waals surface area contributed by atoms with E-state index < -0.39 is 5.69 Å². The summed E-state index contributed by atoms with van der Waals surface area (Å²) in [6.07, 6.45) is 1.61. The first-order valence-electron chi connectivity index (χ1n) is 8.69. The van der Waals surface area contributed by atoms with Crippen LogP contribution in [0.25, 0.3) is 10.2 Å². The standard InChI is InChI=1S/C19H20BrN3O3S/c1-3-4-8-22-18(25)17-15(7-9-27-17)23(19(22)26)11-16(24)21-14-6-5-13(20)10-12(14)2/h5-7,9-10H,3-4,8,11H2,1-2H3,(H,21,24). The molecule has 0 aliphatic rings. The molecule has 0 radical (unpaired) electrons. The third kappa shape index (κ3) is 4.06. The van der Waals surface area contributed by atoms with Crippen LogP contribution in [0, 0.1) is 6.92 Å². The van der Waals surface area contributed by atoms with Crippen LogP contribution in [0.4, 0.5) is 5.69 Å². The Hall–Kier alpha value is -2.19. The number of anilines is 1. The lowest BCUT2D eigenvalue weighted by atomic mass is 10.2. The molecule has 142 valence electrons. The van der Waals surface area contributed by atoms with E-state index in [2.05, 4.69) is 21.2 Å². The van der Waals surface area contributed by atoms with Crippen LogP contribution in [0.5, 0.6) is 0 Å². The number of benzene rings is 1. The molecule has 0 saturated carbocycles. The summed E-state index contributed by atoms with van der Waals surface area (Å²) in [5.41, 5.74) is 1.39. The summed E-state index contributed by atoms with van der Waals surface area (Å²) in [6.45, 7) is 4.11. The number of halogens is 1. The van der Waals surface area contributed by atoms with Crippen LogP contribution >= 0.6 is 27.3 Å². The molecule has 0 saturated heterocycles. The normalized spacial score (nSPS) is 11.1. The molecule has 1 amide bonds. The van der Waals surface area contributed by atoms with Gasteiger partial charge in [0.15, 0.2) is 0 Å². The van der Waals surface area contributed by atoms with Crippen molar-refractivity contribution in [3.05, 3.63) is 60.5 Å². The number of nitrogens with one attached hydrogen (secondary N) is 1. The molecule has 0 aliphatic heterocycles. The molecular formula is C19H20BrN3O3S. The summed E-state index contributed by atoms with van der Waals surface area (Å²) < 4.78 is 4.04. The number of hydrogen-bond donors (Lipinski definition) is 1. The lowest BCUT2D eigenvalue weighted by molar-refractivity contribution is -0.116. The van der Waals surface area contributed by atoms with Crippen molar-refractivity contribution in [1.29, 1.82) is 0 Å². The highest BCUT2D eigenvalue weighted by atomic mass is 79.9.